The fourth-order valence-electron chi connectivity index (χ4n) is 2.32. The fraction of sp³-hybridized carbons (Fsp3) is 0.286. The number of aryl methyl sites for hydroxylation is 1. The molecule has 0 radical (unpaired) electrons. The second kappa shape index (κ2) is 5.55. The molecule has 4 rings (SSSR count). The number of halogens is 1. The Bertz CT molecular complexity index is 805. The molecule has 114 valence electrons. The summed E-state index contributed by atoms with van der Waals surface area (Å²) >= 11 is 0. The van der Waals surface area contributed by atoms with E-state index in [1.54, 1.807) is 10.9 Å². The zero-order valence-electron chi connectivity index (χ0n) is 12.6. The van der Waals surface area contributed by atoms with Crippen LogP contribution in [0, 0.1) is 5.95 Å². The minimum absolute atomic E-state index is 0.222. The molecule has 0 aromatic carbocycles. The lowest BCUT2D eigenvalue weighted by Gasteiger charge is -2.10. The molecule has 1 N–H and O–H groups in total. The molecule has 0 bridgehead atoms. The van der Waals surface area contributed by atoms with Gasteiger partial charge in [-0.3, -0.25) is 4.68 Å². The fourth-order valence-corrected chi connectivity index (χ4v) is 2.32. The molecule has 0 atom stereocenters. The predicted molar refractivity (Wildman–Crippen MR) is 80.0 cm³/mol. The Balaban J connectivity index is 0.000000693. The van der Waals surface area contributed by atoms with Gasteiger partial charge in [0.25, 0.3) is 0 Å². The van der Waals surface area contributed by atoms with E-state index < -0.39 is 5.95 Å². The van der Waals surface area contributed by atoms with E-state index in [4.69, 9.17) is 0 Å². The first-order chi connectivity index (χ1) is 10.7. The van der Waals surface area contributed by atoms with Crippen molar-refractivity contribution >= 4 is 5.69 Å². The summed E-state index contributed by atoms with van der Waals surface area (Å²) in [6.07, 6.45) is 6.22. The third-order valence-electron chi connectivity index (χ3n) is 3.21. The van der Waals surface area contributed by atoms with Gasteiger partial charge in [0, 0.05) is 25.0 Å². The van der Waals surface area contributed by atoms with Crippen LogP contribution in [0.25, 0.3) is 16.9 Å². The minimum Gasteiger partial charge on any atom is -0.376 e. The van der Waals surface area contributed by atoms with Crippen LogP contribution in [0.4, 0.5) is 10.1 Å². The molecular formula is C14H16FN7. The molecule has 4 heterocycles. The van der Waals surface area contributed by atoms with Crippen molar-refractivity contribution < 1.29 is 4.39 Å². The molecule has 8 heteroatoms. The number of nitrogens with one attached hydrogen (secondary N) is 1. The van der Waals surface area contributed by atoms with Crippen molar-refractivity contribution in [3.05, 3.63) is 36.6 Å². The number of hydrogen-bond donors (Lipinski definition) is 1. The molecule has 0 spiro atoms. The SMILES string of the molecule is CC.Cn1cc2c(n1)-c1cn(-c3cncnc3F)nc1CN2. The number of fused-ring (bicyclic) bond motifs is 3. The Hall–Kier alpha value is -2.77. The highest BCUT2D eigenvalue weighted by atomic mass is 19.1. The highest BCUT2D eigenvalue weighted by Gasteiger charge is 2.23. The molecule has 0 saturated carbocycles. The van der Waals surface area contributed by atoms with Crippen molar-refractivity contribution in [1.82, 2.24) is 29.5 Å². The van der Waals surface area contributed by atoms with E-state index in [2.05, 4.69) is 25.5 Å². The summed E-state index contributed by atoms with van der Waals surface area (Å²) < 4.78 is 16.9. The maximum absolute atomic E-state index is 13.7. The summed E-state index contributed by atoms with van der Waals surface area (Å²) in [4.78, 5) is 7.37. The smallest absolute Gasteiger partial charge is 0.241 e. The van der Waals surface area contributed by atoms with Crippen LogP contribution in [0.15, 0.2) is 24.9 Å². The van der Waals surface area contributed by atoms with Crippen molar-refractivity contribution in [2.24, 2.45) is 7.05 Å². The molecule has 3 aromatic heterocycles. The van der Waals surface area contributed by atoms with Gasteiger partial charge in [-0.1, -0.05) is 13.8 Å². The Morgan fingerprint density at radius 1 is 1.23 bits per heavy atom. The van der Waals surface area contributed by atoms with Gasteiger partial charge in [-0.05, 0) is 0 Å². The number of hydrogen-bond acceptors (Lipinski definition) is 5. The third-order valence-corrected chi connectivity index (χ3v) is 3.21. The van der Waals surface area contributed by atoms with Crippen LogP contribution < -0.4 is 5.32 Å². The first-order valence-corrected chi connectivity index (χ1v) is 7.04. The van der Waals surface area contributed by atoms with Crippen LogP contribution in [0.2, 0.25) is 0 Å². The topological polar surface area (TPSA) is 73.5 Å². The van der Waals surface area contributed by atoms with E-state index in [0.29, 0.717) is 6.54 Å². The first kappa shape index (κ1) is 14.2. The summed E-state index contributed by atoms with van der Waals surface area (Å²) in [6.45, 7) is 4.58. The Morgan fingerprint density at radius 2 is 2.05 bits per heavy atom. The molecule has 7 nitrogen and oxygen atoms in total. The van der Waals surface area contributed by atoms with E-state index in [1.165, 1.54) is 17.2 Å². The van der Waals surface area contributed by atoms with Crippen LogP contribution in [-0.4, -0.2) is 29.5 Å². The standard InChI is InChI=1S/C12H10FN7.C2H6/c1-19-5-9-11(18-19)7-4-20(17-8(7)2-15-9)10-3-14-6-16-12(10)13;1-2/h3-6,15H,2H2,1H3;1-2H3. The van der Waals surface area contributed by atoms with Gasteiger partial charge in [0.1, 0.15) is 17.7 Å². The van der Waals surface area contributed by atoms with E-state index in [-0.39, 0.29) is 5.69 Å². The van der Waals surface area contributed by atoms with Gasteiger partial charge in [-0.15, -0.1) is 0 Å². The largest absolute Gasteiger partial charge is 0.376 e. The average molecular weight is 301 g/mol. The zero-order valence-corrected chi connectivity index (χ0v) is 12.6. The van der Waals surface area contributed by atoms with Gasteiger partial charge < -0.3 is 5.32 Å². The number of aromatic nitrogens is 6. The highest BCUT2D eigenvalue weighted by molar-refractivity contribution is 5.78. The number of rotatable bonds is 1. The van der Waals surface area contributed by atoms with Crippen molar-refractivity contribution in [1.29, 1.82) is 0 Å². The van der Waals surface area contributed by atoms with Gasteiger partial charge in [0.2, 0.25) is 5.95 Å². The zero-order chi connectivity index (χ0) is 15.7. The van der Waals surface area contributed by atoms with Crippen molar-refractivity contribution in [2.75, 3.05) is 5.32 Å². The molecule has 1 aliphatic rings. The second-order valence-electron chi connectivity index (χ2n) is 4.55. The van der Waals surface area contributed by atoms with Crippen LogP contribution in [0.3, 0.4) is 0 Å². The lowest BCUT2D eigenvalue weighted by atomic mass is 10.1. The van der Waals surface area contributed by atoms with E-state index >= 15 is 0 Å². The van der Waals surface area contributed by atoms with E-state index in [9.17, 15) is 4.39 Å². The van der Waals surface area contributed by atoms with Crippen LogP contribution >= 0.6 is 0 Å². The lowest BCUT2D eigenvalue weighted by molar-refractivity contribution is 0.563. The van der Waals surface area contributed by atoms with Gasteiger partial charge in [0.15, 0.2) is 0 Å². The van der Waals surface area contributed by atoms with Crippen LogP contribution in [0.5, 0.6) is 0 Å². The predicted octanol–water partition coefficient (Wildman–Crippen LogP) is 2.15. The minimum atomic E-state index is -0.603. The second-order valence-corrected chi connectivity index (χ2v) is 4.55. The van der Waals surface area contributed by atoms with E-state index in [1.807, 2.05) is 27.1 Å². The lowest BCUT2D eigenvalue weighted by Crippen LogP contribution is -2.07. The van der Waals surface area contributed by atoms with Gasteiger partial charge in [-0.25, -0.2) is 14.6 Å². The van der Waals surface area contributed by atoms with E-state index in [0.717, 1.165) is 22.6 Å². The highest BCUT2D eigenvalue weighted by Crippen LogP contribution is 2.34. The maximum Gasteiger partial charge on any atom is 0.241 e. The van der Waals surface area contributed by atoms with Gasteiger partial charge >= 0.3 is 0 Å². The van der Waals surface area contributed by atoms with Crippen LogP contribution in [0.1, 0.15) is 19.5 Å². The summed E-state index contributed by atoms with van der Waals surface area (Å²) in [5, 5.41) is 12.0. The quantitative estimate of drug-likeness (QED) is 0.697. The molecular weight excluding hydrogens is 285 g/mol. The van der Waals surface area contributed by atoms with Gasteiger partial charge in [0.05, 0.1) is 24.1 Å². The molecule has 22 heavy (non-hydrogen) atoms. The summed E-state index contributed by atoms with van der Waals surface area (Å²) in [7, 11) is 1.86. The van der Waals surface area contributed by atoms with Crippen LogP contribution in [-0.2, 0) is 13.6 Å². The molecule has 1 aliphatic heterocycles. The monoisotopic (exact) mass is 301 g/mol. The first-order valence-electron chi connectivity index (χ1n) is 7.04. The Labute approximate surface area is 126 Å². The molecule has 0 amide bonds. The maximum atomic E-state index is 13.7. The summed E-state index contributed by atoms with van der Waals surface area (Å²) in [6, 6.07) is 0. The molecule has 0 aliphatic carbocycles. The third kappa shape index (κ3) is 2.22. The molecule has 0 unspecified atom stereocenters. The van der Waals surface area contributed by atoms with Crippen molar-refractivity contribution in [3.8, 4) is 16.9 Å². The summed E-state index contributed by atoms with van der Waals surface area (Å²) in [5.41, 5.74) is 3.70. The number of anilines is 1. The van der Waals surface area contributed by atoms with Crippen molar-refractivity contribution in [3.63, 3.8) is 0 Å². The molecule has 3 aromatic rings. The number of nitrogens with zero attached hydrogens (tertiary/aromatic N) is 6. The van der Waals surface area contributed by atoms with Crippen molar-refractivity contribution in [2.45, 2.75) is 20.4 Å². The Kier molecular flexibility index (Phi) is 3.58. The summed E-state index contributed by atoms with van der Waals surface area (Å²) in [5.74, 6) is -0.603. The normalized spacial score (nSPS) is 11.8. The van der Waals surface area contributed by atoms with Gasteiger partial charge in [-0.2, -0.15) is 14.6 Å². The average Bonchev–Trinajstić information content (AvgIpc) is 3.11. The molecule has 0 saturated heterocycles. The molecule has 0 fully saturated rings. The Morgan fingerprint density at radius 3 is 2.82 bits per heavy atom.